The van der Waals surface area contributed by atoms with Crippen LogP contribution < -0.4 is 5.32 Å². The zero-order chi connectivity index (χ0) is 23.7. The Morgan fingerprint density at radius 2 is 1.82 bits per heavy atom. The van der Waals surface area contributed by atoms with Crippen molar-refractivity contribution in [2.75, 3.05) is 7.05 Å². The fraction of sp³-hybridized carbons (Fsp3) is 0.267. The number of allylic oxidation sites excluding steroid dienone is 9. The minimum Gasteiger partial charge on any atom is -0.358 e. The van der Waals surface area contributed by atoms with Gasteiger partial charge in [0.05, 0.1) is 0 Å². The van der Waals surface area contributed by atoms with E-state index in [4.69, 9.17) is 0 Å². The Hall–Kier alpha value is -2.28. The molecule has 0 aromatic heterocycles. The van der Waals surface area contributed by atoms with E-state index >= 15 is 0 Å². The van der Waals surface area contributed by atoms with E-state index in [9.17, 15) is 4.79 Å². The molecular formula is C30H38N2OU. The van der Waals surface area contributed by atoms with E-state index < -0.39 is 0 Å². The zero-order valence-electron chi connectivity index (χ0n) is 21.8. The number of nitrogens with one attached hydrogen (secondary N) is 1. The topological polar surface area (TPSA) is 32.3 Å². The minimum absolute atomic E-state index is 0. The molecule has 0 aliphatic carbocycles. The summed E-state index contributed by atoms with van der Waals surface area (Å²) in [5.74, 6) is -0.109. The molecule has 2 rings (SSSR count). The molecule has 1 aliphatic heterocycles. The quantitative estimate of drug-likeness (QED) is 0.229. The molecule has 3 nitrogen and oxygen atoms in total. The molecule has 0 saturated heterocycles. The van der Waals surface area contributed by atoms with Crippen LogP contribution in [0.2, 0.25) is 0 Å². The van der Waals surface area contributed by atoms with Crippen molar-refractivity contribution in [2.45, 2.75) is 47.5 Å². The molecule has 0 atom stereocenters. The van der Waals surface area contributed by atoms with E-state index in [0.29, 0.717) is 5.57 Å². The van der Waals surface area contributed by atoms with Crippen LogP contribution in [0.15, 0.2) is 90.0 Å². The van der Waals surface area contributed by atoms with Crippen LogP contribution >= 0.6 is 0 Å². The molecule has 0 radical (unpaired) electrons. The van der Waals surface area contributed by atoms with Crippen LogP contribution in [0.4, 0.5) is 0 Å². The number of amides is 1. The smallest absolute Gasteiger partial charge is 0.358 e. The van der Waals surface area contributed by atoms with E-state index in [1.165, 1.54) is 33.5 Å². The molecule has 0 unspecified atom stereocenters. The van der Waals surface area contributed by atoms with Gasteiger partial charge in [0.25, 0.3) is 5.91 Å². The first-order chi connectivity index (χ1) is 15.4. The third kappa shape index (κ3) is 7.36. The molecule has 1 heterocycles. The van der Waals surface area contributed by atoms with Crippen molar-refractivity contribution in [3.63, 3.8) is 0 Å². The molecule has 1 aromatic rings. The first-order valence-electron chi connectivity index (χ1n) is 11.2. The number of nitrogens with zero attached hydrogens (tertiary/aromatic N) is 1. The van der Waals surface area contributed by atoms with Crippen molar-refractivity contribution in [3.05, 3.63) is 115 Å². The van der Waals surface area contributed by atoms with Crippen molar-refractivity contribution in [2.24, 2.45) is 0 Å². The van der Waals surface area contributed by atoms with E-state index in [1.807, 2.05) is 31.4 Å². The van der Waals surface area contributed by atoms with Gasteiger partial charge in [0.1, 0.15) is 0 Å². The number of hydrogen-bond acceptors (Lipinski definition) is 2. The fourth-order valence-electron chi connectivity index (χ4n) is 3.91. The maximum absolute atomic E-state index is 12.0. The Morgan fingerprint density at radius 1 is 1.18 bits per heavy atom. The van der Waals surface area contributed by atoms with Gasteiger partial charge in [-0.25, -0.2) is 12.2 Å². The fourth-order valence-corrected chi connectivity index (χ4v) is 3.91. The second-order valence-corrected chi connectivity index (χ2v) is 7.54. The summed E-state index contributed by atoms with van der Waals surface area (Å²) in [6.45, 7) is 14.7. The molecule has 1 N–H and O–H groups in total. The number of benzene rings is 1. The van der Waals surface area contributed by atoms with Gasteiger partial charge in [-0.1, -0.05) is 61.9 Å². The maximum Gasteiger partial charge on any atom is 2.00 e. The second-order valence-electron chi connectivity index (χ2n) is 7.54. The van der Waals surface area contributed by atoms with Crippen LogP contribution in [-0.4, -0.2) is 17.9 Å². The van der Waals surface area contributed by atoms with E-state index in [-0.39, 0.29) is 44.4 Å². The molecule has 34 heavy (non-hydrogen) atoms. The third-order valence-corrected chi connectivity index (χ3v) is 5.67. The van der Waals surface area contributed by atoms with Crippen molar-refractivity contribution in [1.29, 1.82) is 0 Å². The van der Waals surface area contributed by atoms with E-state index in [0.717, 1.165) is 18.5 Å². The first-order valence-corrected chi connectivity index (χ1v) is 11.2. The van der Waals surface area contributed by atoms with Crippen LogP contribution in [0.5, 0.6) is 0 Å². The maximum atomic E-state index is 12.0. The van der Waals surface area contributed by atoms with Crippen molar-refractivity contribution in [3.8, 4) is 0 Å². The summed E-state index contributed by atoms with van der Waals surface area (Å²) in [5, 5.41) is 2.68. The van der Waals surface area contributed by atoms with Gasteiger partial charge in [0, 0.05) is 30.2 Å². The molecule has 178 valence electrons. The van der Waals surface area contributed by atoms with Crippen molar-refractivity contribution >= 4 is 17.1 Å². The van der Waals surface area contributed by atoms with E-state index in [2.05, 4.69) is 87.0 Å². The van der Waals surface area contributed by atoms with Crippen LogP contribution in [-0.2, 0) is 4.79 Å². The minimum atomic E-state index is -0.109. The standard InChI is InChI=1S/C29H35N2O.CH3.U/c1-8-12-15-25(21(5)9-2)27-17-14-13-16-26(27)24(10-3)28(11-4)31-19-18-23(20-22(31)6)29(32)30-7;;/h9,12-20H,6,10-11H2,1-5,7H3,(H,30,32);1H3;/q2*-1;+2/b21-9-,25-15+,28-24+;;. The monoisotopic (exact) mass is 680 g/mol. The van der Waals surface area contributed by atoms with Gasteiger partial charge in [-0.05, 0) is 55.5 Å². The Bertz CT molecular complexity index is 1050. The van der Waals surface area contributed by atoms with Crippen molar-refractivity contribution in [1.82, 2.24) is 10.2 Å². The third-order valence-electron chi connectivity index (χ3n) is 5.67. The SMILES string of the molecule is C=C1C=C(C(=O)NC)C=CN1/C(CC)=C(\CC)c1ccccc1C(=C/C=[C-]C)/C(C)=C\C.[CH3-].[U+2]. The van der Waals surface area contributed by atoms with Gasteiger partial charge in [-0.2, -0.15) is 0 Å². The summed E-state index contributed by atoms with van der Waals surface area (Å²) in [6.07, 6.45) is 16.7. The molecule has 0 fully saturated rings. The second kappa shape index (κ2) is 15.6. The number of likely N-dealkylation sites (N-methyl/N-ethyl adjacent to an activating group) is 1. The Labute approximate surface area is 231 Å². The molecule has 4 heteroatoms. The predicted octanol–water partition coefficient (Wildman–Crippen LogP) is 7.41. The van der Waals surface area contributed by atoms with Crippen LogP contribution in [0, 0.1) is 44.6 Å². The number of rotatable bonds is 8. The molecule has 0 bridgehead atoms. The van der Waals surface area contributed by atoms with Gasteiger partial charge in [0.2, 0.25) is 0 Å². The average Bonchev–Trinajstić information content (AvgIpc) is 2.82. The Morgan fingerprint density at radius 3 is 2.32 bits per heavy atom. The van der Waals surface area contributed by atoms with Gasteiger partial charge >= 0.3 is 31.1 Å². The van der Waals surface area contributed by atoms with E-state index in [1.54, 1.807) is 7.05 Å². The number of carbonyl (C=O) groups excluding carboxylic acids is 1. The van der Waals surface area contributed by atoms with Gasteiger partial charge < -0.3 is 17.6 Å². The molecule has 1 aliphatic rings. The van der Waals surface area contributed by atoms with Crippen LogP contribution in [0.3, 0.4) is 0 Å². The zero-order valence-corrected chi connectivity index (χ0v) is 25.9. The normalized spacial score (nSPS) is 14.8. The summed E-state index contributed by atoms with van der Waals surface area (Å²) in [5.41, 5.74) is 8.67. The first kappa shape index (κ1) is 31.7. The summed E-state index contributed by atoms with van der Waals surface area (Å²) in [6, 6.07) is 8.57. The average molecular weight is 681 g/mol. The predicted molar refractivity (Wildman–Crippen MR) is 144 cm³/mol. The molecule has 1 amide bonds. The number of hydrogen-bond donors (Lipinski definition) is 1. The Kier molecular flexibility index (Phi) is 14.5. The summed E-state index contributed by atoms with van der Waals surface area (Å²) in [7, 11) is 1.64. The summed E-state index contributed by atoms with van der Waals surface area (Å²) >= 11 is 0. The van der Waals surface area contributed by atoms with Crippen LogP contribution in [0.25, 0.3) is 11.1 Å². The van der Waals surface area contributed by atoms with Gasteiger partial charge in [0.15, 0.2) is 0 Å². The molecule has 1 aromatic carbocycles. The molecule has 0 saturated carbocycles. The van der Waals surface area contributed by atoms with Gasteiger partial charge in [-0.15, -0.1) is 6.92 Å². The molecule has 0 spiro atoms. The van der Waals surface area contributed by atoms with Gasteiger partial charge in [-0.3, -0.25) is 10.9 Å². The summed E-state index contributed by atoms with van der Waals surface area (Å²) in [4.78, 5) is 14.2. The number of carbonyl (C=O) groups is 1. The molecular weight excluding hydrogens is 642 g/mol. The Balaban J connectivity index is 0.00000544. The van der Waals surface area contributed by atoms with Crippen molar-refractivity contribution < 1.29 is 35.9 Å². The largest absolute Gasteiger partial charge is 2.00 e. The summed E-state index contributed by atoms with van der Waals surface area (Å²) < 4.78 is 0. The van der Waals surface area contributed by atoms with Crippen LogP contribution in [0.1, 0.15) is 58.6 Å².